The van der Waals surface area contributed by atoms with Crippen LogP contribution in [0.3, 0.4) is 0 Å². The van der Waals surface area contributed by atoms with Gasteiger partial charge in [0.2, 0.25) is 0 Å². The maximum Gasteiger partial charge on any atom is 0.0991 e. The van der Waals surface area contributed by atoms with Gasteiger partial charge in [0.1, 0.15) is 0 Å². The van der Waals surface area contributed by atoms with Crippen molar-refractivity contribution >= 4 is 0 Å². The van der Waals surface area contributed by atoms with Gasteiger partial charge in [-0.25, -0.2) is 0 Å². The Labute approximate surface area is 169 Å². The second-order valence-corrected chi connectivity index (χ2v) is 8.22. The van der Waals surface area contributed by atoms with E-state index in [9.17, 15) is 10.4 Å². The largest absolute Gasteiger partial charge is 0.385 e. The Hall–Kier alpha value is -2.19. The van der Waals surface area contributed by atoms with Crippen LogP contribution in [0.5, 0.6) is 0 Å². The summed E-state index contributed by atoms with van der Waals surface area (Å²) in [5.41, 5.74) is 1.99. The van der Waals surface area contributed by atoms with E-state index in [1.807, 2.05) is 18.2 Å². The summed E-state index contributed by atoms with van der Waals surface area (Å²) in [6.45, 7) is 3.63. The van der Waals surface area contributed by atoms with E-state index in [1.165, 1.54) is 5.56 Å². The van der Waals surface area contributed by atoms with E-state index in [2.05, 4.69) is 60.3 Å². The van der Waals surface area contributed by atoms with Crippen molar-refractivity contribution in [2.45, 2.75) is 24.9 Å². The molecular formula is C24H31N3O. The maximum atomic E-state index is 11.6. The molecule has 0 aliphatic carbocycles. The minimum atomic E-state index is -0.882. The minimum absolute atomic E-state index is 0.113. The molecule has 1 aliphatic heterocycles. The Morgan fingerprint density at radius 1 is 1.18 bits per heavy atom. The van der Waals surface area contributed by atoms with Gasteiger partial charge in [0, 0.05) is 25.6 Å². The van der Waals surface area contributed by atoms with Crippen molar-refractivity contribution < 1.29 is 5.11 Å². The van der Waals surface area contributed by atoms with Crippen LogP contribution in [0, 0.1) is 17.2 Å². The molecule has 0 spiro atoms. The summed E-state index contributed by atoms with van der Waals surface area (Å²) >= 11 is 0. The first-order valence-corrected chi connectivity index (χ1v) is 10.2. The smallest absolute Gasteiger partial charge is 0.0991 e. The van der Waals surface area contributed by atoms with E-state index in [1.54, 1.807) is 6.07 Å². The van der Waals surface area contributed by atoms with Gasteiger partial charge in [0.15, 0.2) is 0 Å². The molecule has 0 saturated carbocycles. The zero-order chi connectivity index (χ0) is 20.0. The standard InChI is InChI=1S/C24H31N3O/c1-26(2)18-23-19-27(14-7-11-20-8-4-3-5-9-20)15-13-24(23,28)22-12-6-10-21(16-22)17-25/h3-6,8-10,12,16,23,28H,7,11,13-15,18-19H2,1-2H3. The molecule has 2 aromatic rings. The van der Waals surface area contributed by atoms with Gasteiger partial charge >= 0.3 is 0 Å². The van der Waals surface area contributed by atoms with Gasteiger partial charge in [-0.1, -0.05) is 42.5 Å². The summed E-state index contributed by atoms with van der Waals surface area (Å²) < 4.78 is 0. The fourth-order valence-corrected chi connectivity index (χ4v) is 4.33. The van der Waals surface area contributed by atoms with Crippen LogP contribution in [0.4, 0.5) is 0 Å². The number of hydrogen-bond acceptors (Lipinski definition) is 4. The van der Waals surface area contributed by atoms with E-state index in [4.69, 9.17) is 0 Å². The molecule has 0 amide bonds. The average molecular weight is 378 g/mol. The highest BCUT2D eigenvalue weighted by atomic mass is 16.3. The lowest BCUT2D eigenvalue weighted by Gasteiger charge is -2.46. The molecule has 0 aromatic heterocycles. The zero-order valence-electron chi connectivity index (χ0n) is 17.0. The number of likely N-dealkylation sites (tertiary alicyclic amines) is 1. The van der Waals surface area contributed by atoms with Crippen molar-refractivity contribution in [2.75, 3.05) is 40.3 Å². The molecule has 2 aromatic carbocycles. The third-order valence-corrected chi connectivity index (χ3v) is 5.82. The molecule has 4 heteroatoms. The van der Waals surface area contributed by atoms with Crippen molar-refractivity contribution in [1.29, 1.82) is 5.26 Å². The van der Waals surface area contributed by atoms with Gasteiger partial charge in [-0.3, -0.25) is 0 Å². The Morgan fingerprint density at radius 2 is 1.96 bits per heavy atom. The fraction of sp³-hybridized carbons (Fsp3) is 0.458. The monoisotopic (exact) mass is 377 g/mol. The highest BCUT2D eigenvalue weighted by Gasteiger charge is 2.42. The predicted molar refractivity (Wildman–Crippen MR) is 113 cm³/mol. The summed E-state index contributed by atoms with van der Waals surface area (Å²) in [7, 11) is 4.11. The maximum absolute atomic E-state index is 11.6. The molecule has 2 unspecified atom stereocenters. The van der Waals surface area contributed by atoms with Gasteiger partial charge in [0.05, 0.1) is 17.2 Å². The summed E-state index contributed by atoms with van der Waals surface area (Å²) in [6.07, 6.45) is 2.91. The van der Waals surface area contributed by atoms with Crippen LogP contribution in [0.25, 0.3) is 0 Å². The zero-order valence-corrected chi connectivity index (χ0v) is 17.0. The average Bonchev–Trinajstić information content (AvgIpc) is 2.71. The normalized spacial score (nSPS) is 22.9. The summed E-state index contributed by atoms with van der Waals surface area (Å²) in [5.74, 6) is 0.113. The lowest BCUT2D eigenvalue weighted by Crippen LogP contribution is -2.53. The Kier molecular flexibility index (Phi) is 6.85. The van der Waals surface area contributed by atoms with Crippen molar-refractivity contribution in [3.63, 3.8) is 0 Å². The number of nitriles is 1. The van der Waals surface area contributed by atoms with Crippen LogP contribution in [-0.4, -0.2) is 55.2 Å². The van der Waals surface area contributed by atoms with Crippen LogP contribution in [-0.2, 0) is 12.0 Å². The molecule has 1 aliphatic rings. The van der Waals surface area contributed by atoms with E-state index in [0.717, 1.165) is 44.6 Å². The predicted octanol–water partition coefficient (Wildman–Crippen LogP) is 3.26. The molecule has 148 valence electrons. The van der Waals surface area contributed by atoms with E-state index in [-0.39, 0.29) is 5.92 Å². The lowest BCUT2D eigenvalue weighted by molar-refractivity contribution is -0.0846. The number of nitrogens with zero attached hydrogens (tertiary/aromatic N) is 3. The number of hydrogen-bond donors (Lipinski definition) is 1. The lowest BCUT2D eigenvalue weighted by atomic mass is 9.75. The minimum Gasteiger partial charge on any atom is -0.385 e. The van der Waals surface area contributed by atoms with Crippen molar-refractivity contribution in [3.05, 3.63) is 71.3 Å². The van der Waals surface area contributed by atoms with Crippen molar-refractivity contribution in [2.24, 2.45) is 5.92 Å². The first kappa shape index (κ1) is 20.5. The van der Waals surface area contributed by atoms with Gasteiger partial charge in [-0.2, -0.15) is 5.26 Å². The van der Waals surface area contributed by atoms with Crippen LogP contribution in [0.2, 0.25) is 0 Å². The van der Waals surface area contributed by atoms with Crippen LogP contribution < -0.4 is 0 Å². The number of aryl methyl sites for hydroxylation is 1. The van der Waals surface area contributed by atoms with E-state index < -0.39 is 5.60 Å². The molecular weight excluding hydrogens is 346 g/mol. The van der Waals surface area contributed by atoms with Gasteiger partial charge in [-0.05, 0) is 63.2 Å². The molecule has 0 radical (unpaired) electrons. The number of piperidine rings is 1. The van der Waals surface area contributed by atoms with Crippen molar-refractivity contribution in [3.8, 4) is 6.07 Å². The molecule has 0 bridgehead atoms. The molecule has 1 saturated heterocycles. The molecule has 1 N–H and O–H groups in total. The third kappa shape index (κ3) is 4.99. The van der Waals surface area contributed by atoms with E-state index >= 15 is 0 Å². The first-order chi connectivity index (χ1) is 13.5. The highest BCUT2D eigenvalue weighted by Crippen LogP contribution is 2.38. The molecule has 1 heterocycles. The SMILES string of the molecule is CN(C)CC1CN(CCCc2ccccc2)CCC1(O)c1cccc(C#N)c1. The quantitative estimate of drug-likeness (QED) is 0.805. The number of benzene rings is 2. The second-order valence-electron chi connectivity index (χ2n) is 8.22. The topological polar surface area (TPSA) is 50.5 Å². The Bertz CT molecular complexity index is 799. The summed E-state index contributed by atoms with van der Waals surface area (Å²) in [6, 6.07) is 20.3. The molecule has 28 heavy (non-hydrogen) atoms. The summed E-state index contributed by atoms with van der Waals surface area (Å²) in [5, 5.41) is 20.9. The highest BCUT2D eigenvalue weighted by molar-refractivity contribution is 5.36. The third-order valence-electron chi connectivity index (χ3n) is 5.82. The molecule has 4 nitrogen and oxygen atoms in total. The fourth-order valence-electron chi connectivity index (χ4n) is 4.33. The van der Waals surface area contributed by atoms with Crippen LogP contribution in [0.15, 0.2) is 54.6 Å². The van der Waals surface area contributed by atoms with Crippen LogP contribution >= 0.6 is 0 Å². The molecule has 3 rings (SSSR count). The van der Waals surface area contributed by atoms with E-state index in [0.29, 0.717) is 12.0 Å². The Morgan fingerprint density at radius 3 is 2.68 bits per heavy atom. The number of aliphatic hydroxyl groups is 1. The summed E-state index contributed by atoms with van der Waals surface area (Å²) in [4.78, 5) is 4.64. The first-order valence-electron chi connectivity index (χ1n) is 10.2. The molecule has 1 fully saturated rings. The van der Waals surface area contributed by atoms with Gasteiger partial charge < -0.3 is 14.9 Å². The van der Waals surface area contributed by atoms with Gasteiger partial charge in [0.25, 0.3) is 0 Å². The second kappa shape index (κ2) is 9.34. The van der Waals surface area contributed by atoms with Crippen molar-refractivity contribution in [1.82, 2.24) is 9.80 Å². The van der Waals surface area contributed by atoms with Gasteiger partial charge in [-0.15, -0.1) is 0 Å². The van der Waals surface area contributed by atoms with Crippen LogP contribution in [0.1, 0.15) is 29.5 Å². The molecule has 2 atom stereocenters. The number of rotatable bonds is 7. The Balaban J connectivity index is 1.68.